The molecule has 0 aliphatic rings. The van der Waals surface area contributed by atoms with Crippen molar-refractivity contribution in [2.75, 3.05) is 20.5 Å². The number of carbonyl (C=O) groups is 1. The Bertz CT molecular complexity index is 786. The minimum atomic E-state index is -3.85. The predicted octanol–water partition coefficient (Wildman–Crippen LogP) is 0.289. The Kier molecular flexibility index (Phi) is 6.02. The van der Waals surface area contributed by atoms with Crippen LogP contribution < -0.4 is 13.4 Å². The van der Waals surface area contributed by atoms with Crippen LogP contribution in [0.3, 0.4) is 0 Å². The number of hydrogen-bond acceptors (Lipinski definition) is 8. The maximum atomic E-state index is 12.1. The highest BCUT2D eigenvalue weighted by molar-refractivity contribution is 8.00. The molecule has 132 valence electrons. The summed E-state index contributed by atoms with van der Waals surface area (Å²) in [5, 5.41) is 17.2. The maximum absolute atomic E-state index is 12.1. The quantitative estimate of drug-likeness (QED) is 0.405. The van der Waals surface area contributed by atoms with Gasteiger partial charge in [-0.1, -0.05) is 3.97 Å². The summed E-state index contributed by atoms with van der Waals surface area (Å²) in [5.74, 6) is -1.31. The van der Waals surface area contributed by atoms with E-state index >= 15 is 0 Å². The number of methoxy groups -OCH3 is 2. The minimum Gasteiger partial charge on any atom is -0.480 e. The molecule has 24 heavy (non-hydrogen) atoms. The predicted molar refractivity (Wildman–Crippen MR) is 84.5 cm³/mol. The van der Waals surface area contributed by atoms with E-state index in [0.717, 1.165) is 10.2 Å². The first kappa shape index (κ1) is 20.0. The van der Waals surface area contributed by atoms with E-state index in [9.17, 15) is 23.6 Å². The molecule has 1 N–H and O–H groups in total. The lowest BCUT2D eigenvalue weighted by Crippen LogP contribution is -2.47. The molecule has 11 heteroatoms. The Morgan fingerprint density at radius 3 is 2.42 bits per heavy atom. The van der Waals surface area contributed by atoms with Crippen molar-refractivity contribution in [3.63, 3.8) is 0 Å². The van der Waals surface area contributed by atoms with Gasteiger partial charge in [0.05, 0.1) is 32.0 Å². The highest BCUT2D eigenvalue weighted by atomic mass is 32.2. The number of aromatic nitrogens is 2. The van der Waals surface area contributed by atoms with Gasteiger partial charge in [-0.25, -0.2) is 0 Å². The summed E-state index contributed by atoms with van der Waals surface area (Å²) in [5.41, 5.74) is -1.27. The Balaban J connectivity index is 3.62. The topological polar surface area (TPSA) is 130 Å². The van der Waals surface area contributed by atoms with E-state index in [4.69, 9.17) is 9.47 Å². The zero-order chi connectivity index (χ0) is 18.7. The first-order valence-corrected chi connectivity index (χ1v) is 9.27. The van der Waals surface area contributed by atoms with Crippen LogP contribution in [0.1, 0.15) is 13.8 Å². The van der Waals surface area contributed by atoms with Gasteiger partial charge in [0.1, 0.15) is 11.3 Å². The highest BCUT2D eigenvalue weighted by Gasteiger charge is 2.42. The van der Waals surface area contributed by atoms with Crippen molar-refractivity contribution < 1.29 is 31.8 Å². The number of rotatable bonds is 7. The van der Waals surface area contributed by atoms with Crippen LogP contribution in [0.5, 0.6) is 11.8 Å². The van der Waals surface area contributed by atoms with E-state index in [0.29, 0.717) is 11.8 Å². The molecule has 0 aliphatic heterocycles. The van der Waals surface area contributed by atoms with Crippen LogP contribution in [-0.4, -0.2) is 50.2 Å². The molecule has 1 rings (SSSR count). The number of carboxylic acid groups (broad SMARTS) is 1. The van der Waals surface area contributed by atoms with Gasteiger partial charge < -0.3 is 14.6 Å². The summed E-state index contributed by atoms with van der Waals surface area (Å²) in [7, 11) is -1.26. The standard InChI is InChI=1S/C13H17N3O6S2/c1-13(2,7-14)10(11(17)18)23-12-15-8(21-3)6-9(22-4)16(12)24(5,19)20/h6,10H,1-5H3/p+1. The Morgan fingerprint density at radius 2 is 2.04 bits per heavy atom. The number of nitriles is 1. The summed E-state index contributed by atoms with van der Waals surface area (Å²) in [6.07, 6.45) is 0.930. The van der Waals surface area contributed by atoms with Crippen molar-refractivity contribution in [2.24, 2.45) is 5.41 Å². The van der Waals surface area contributed by atoms with E-state index in [-0.39, 0.29) is 16.9 Å². The van der Waals surface area contributed by atoms with Crippen LogP contribution >= 0.6 is 11.8 Å². The zero-order valence-electron chi connectivity index (χ0n) is 13.8. The summed E-state index contributed by atoms with van der Waals surface area (Å²) in [6.45, 7) is 2.89. The van der Waals surface area contributed by atoms with Crippen LogP contribution in [0.25, 0.3) is 0 Å². The normalized spacial score (nSPS) is 13.0. The fraction of sp³-hybridized carbons (Fsp3) is 0.538. The number of nitrogens with zero attached hydrogens (tertiary/aromatic N) is 3. The van der Waals surface area contributed by atoms with Crippen molar-refractivity contribution in [3.05, 3.63) is 6.07 Å². The summed E-state index contributed by atoms with van der Waals surface area (Å²) < 4.78 is 35.0. The Morgan fingerprint density at radius 1 is 1.46 bits per heavy atom. The molecule has 0 saturated carbocycles. The molecule has 1 aromatic rings. The van der Waals surface area contributed by atoms with Crippen LogP contribution in [0.15, 0.2) is 11.2 Å². The Hall–Kier alpha value is -2.06. The van der Waals surface area contributed by atoms with Gasteiger partial charge in [0.2, 0.25) is 0 Å². The molecular weight excluding hydrogens is 358 g/mol. The molecular formula is C13H18N3O6S2+. The van der Waals surface area contributed by atoms with Crippen LogP contribution in [0, 0.1) is 16.7 Å². The van der Waals surface area contributed by atoms with Crippen LogP contribution in [0.4, 0.5) is 0 Å². The molecule has 0 radical (unpaired) electrons. The summed E-state index contributed by atoms with van der Waals surface area (Å²) in [4.78, 5) is 15.6. The van der Waals surface area contributed by atoms with E-state index < -0.39 is 26.7 Å². The molecule has 9 nitrogen and oxygen atoms in total. The maximum Gasteiger partial charge on any atom is 0.382 e. The minimum absolute atomic E-state index is 0.0492. The number of ether oxygens (including phenoxy) is 2. The summed E-state index contributed by atoms with van der Waals surface area (Å²) >= 11 is 0.632. The fourth-order valence-corrected chi connectivity index (χ4v) is 4.03. The van der Waals surface area contributed by atoms with Gasteiger partial charge >= 0.3 is 32.9 Å². The third kappa shape index (κ3) is 4.27. The van der Waals surface area contributed by atoms with E-state index in [1.54, 1.807) is 0 Å². The third-order valence-electron chi connectivity index (χ3n) is 2.97. The molecule has 1 atom stereocenters. The van der Waals surface area contributed by atoms with E-state index in [1.165, 1.54) is 34.1 Å². The van der Waals surface area contributed by atoms with Gasteiger partial charge in [-0.05, 0) is 25.6 Å². The van der Waals surface area contributed by atoms with Gasteiger partial charge in [0, 0.05) is 4.98 Å². The molecule has 0 aromatic carbocycles. The highest BCUT2D eigenvalue weighted by Crippen LogP contribution is 2.35. The van der Waals surface area contributed by atoms with Gasteiger partial charge in [-0.3, -0.25) is 4.79 Å². The second-order valence-electron chi connectivity index (χ2n) is 5.32. The first-order chi connectivity index (χ1) is 11.0. The summed E-state index contributed by atoms with van der Waals surface area (Å²) in [6, 6.07) is 3.17. The SMILES string of the molecule is COc1cc(OC)[n+](S(C)(=O)=O)c(SC(C(=O)O)C(C)(C)C#N)n1. The average Bonchev–Trinajstić information content (AvgIpc) is 2.49. The van der Waals surface area contributed by atoms with Crippen molar-refractivity contribution in [1.82, 2.24) is 4.98 Å². The van der Waals surface area contributed by atoms with Gasteiger partial charge in [0.25, 0.3) is 0 Å². The smallest absolute Gasteiger partial charge is 0.382 e. The van der Waals surface area contributed by atoms with Gasteiger partial charge in [-0.2, -0.15) is 13.7 Å². The third-order valence-corrected chi connectivity index (χ3v) is 5.61. The van der Waals surface area contributed by atoms with Crippen molar-refractivity contribution in [2.45, 2.75) is 24.3 Å². The molecule has 0 saturated heterocycles. The van der Waals surface area contributed by atoms with E-state index in [2.05, 4.69) is 4.98 Å². The zero-order valence-corrected chi connectivity index (χ0v) is 15.4. The van der Waals surface area contributed by atoms with Crippen molar-refractivity contribution in [1.29, 1.82) is 5.26 Å². The van der Waals surface area contributed by atoms with E-state index in [1.807, 2.05) is 6.07 Å². The lowest BCUT2D eigenvalue weighted by Gasteiger charge is -2.21. The average molecular weight is 376 g/mol. The van der Waals surface area contributed by atoms with Crippen LogP contribution in [-0.2, 0) is 14.8 Å². The second kappa shape index (κ2) is 7.23. The monoisotopic (exact) mass is 376 g/mol. The van der Waals surface area contributed by atoms with Crippen molar-refractivity contribution >= 4 is 27.8 Å². The lowest BCUT2D eigenvalue weighted by molar-refractivity contribution is -0.567. The molecule has 0 amide bonds. The van der Waals surface area contributed by atoms with Gasteiger partial charge in [-0.15, -0.1) is 0 Å². The molecule has 0 aliphatic carbocycles. The van der Waals surface area contributed by atoms with Gasteiger partial charge in [0.15, 0.2) is 0 Å². The molecule has 0 bridgehead atoms. The molecule has 0 fully saturated rings. The lowest BCUT2D eigenvalue weighted by atomic mass is 9.91. The Labute approximate surface area is 144 Å². The molecule has 1 aromatic heterocycles. The first-order valence-electron chi connectivity index (χ1n) is 6.54. The van der Waals surface area contributed by atoms with Crippen molar-refractivity contribution in [3.8, 4) is 17.8 Å². The molecule has 1 unspecified atom stereocenters. The fourth-order valence-electron chi connectivity index (χ4n) is 1.73. The largest absolute Gasteiger partial charge is 0.480 e. The van der Waals surface area contributed by atoms with Crippen LogP contribution in [0.2, 0.25) is 0 Å². The number of aliphatic carboxylic acids is 1. The number of hydrogen-bond donors (Lipinski definition) is 1. The molecule has 1 heterocycles. The molecule has 0 spiro atoms. The number of carboxylic acids is 1. The second-order valence-corrected chi connectivity index (χ2v) is 8.22. The number of thioether (sulfide) groups is 1.